The highest BCUT2D eigenvalue weighted by Crippen LogP contribution is 2.17. The molecular formula is C24H42O6. The molecule has 174 valence electrons. The Morgan fingerprint density at radius 1 is 0.967 bits per heavy atom. The monoisotopic (exact) mass is 426 g/mol. The van der Waals surface area contributed by atoms with Crippen LogP contribution < -0.4 is 0 Å². The van der Waals surface area contributed by atoms with E-state index in [4.69, 9.17) is 19.3 Å². The summed E-state index contributed by atoms with van der Waals surface area (Å²) in [7, 11) is 0. The predicted molar refractivity (Wildman–Crippen MR) is 118 cm³/mol. The third-order valence-corrected chi connectivity index (χ3v) is 5.08. The third-order valence-electron chi connectivity index (χ3n) is 5.08. The standard InChI is InChI=1S/C24H42O6/c1-2-3-4-5-6-7-8-9-10-11-12-13-14-15-16-17-22(27)30-23(21(26)20-25)24-28-18-19-29-24/h6-7,9-10,21,23-26H,2-5,8,11-20H2,1H3/b7-6-,10-9-/t21-,23-/m1/s1. The number of allylic oxidation sites excluding steroid dienone is 4. The van der Waals surface area contributed by atoms with E-state index in [0.717, 1.165) is 38.5 Å². The van der Waals surface area contributed by atoms with Crippen LogP contribution in [0.5, 0.6) is 0 Å². The lowest BCUT2D eigenvalue weighted by molar-refractivity contribution is -0.195. The van der Waals surface area contributed by atoms with Gasteiger partial charge in [0, 0.05) is 6.42 Å². The minimum Gasteiger partial charge on any atom is -0.454 e. The fraction of sp³-hybridized carbons (Fsp3) is 0.792. The molecule has 0 aliphatic carbocycles. The maximum Gasteiger partial charge on any atom is 0.306 e. The summed E-state index contributed by atoms with van der Waals surface area (Å²) in [5.74, 6) is -0.391. The van der Waals surface area contributed by atoms with Crippen LogP contribution in [0, 0.1) is 0 Å². The molecule has 1 heterocycles. The van der Waals surface area contributed by atoms with Crippen LogP contribution >= 0.6 is 0 Å². The number of hydrogen-bond acceptors (Lipinski definition) is 6. The topological polar surface area (TPSA) is 85.2 Å². The van der Waals surface area contributed by atoms with Crippen molar-refractivity contribution in [3.05, 3.63) is 24.3 Å². The van der Waals surface area contributed by atoms with Gasteiger partial charge in [0.25, 0.3) is 0 Å². The molecule has 2 N–H and O–H groups in total. The largest absolute Gasteiger partial charge is 0.454 e. The molecule has 0 spiro atoms. The minimum absolute atomic E-state index is 0.297. The van der Waals surface area contributed by atoms with Gasteiger partial charge in [-0.05, 0) is 38.5 Å². The second-order valence-electron chi connectivity index (χ2n) is 7.80. The molecule has 0 aromatic rings. The Kier molecular flexibility index (Phi) is 16.6. The van der Waals surface area contributed by atoms with E-state index < -0.39 is 31.1 Å². The summed E-state index contributed by atoms with van der Waals surface area (Å²) in [6.45, 7) is 2.50. The molecule has 1 rings (SSSR count). The maximum atomic E-state index is 12.0. The molecule has 2 atom stereocenters. The number of carbonyl (C=O) groups is 1. The van der Waals surface area contributed by atoms with Gasteiger partial charge in [-0.15, -0.1) is 0 Å². The minimum atomic E-state index is -1.21. The highest BCUT2D eigenvalue weighted by Gasteiger charge is 2.35. The van der Waals surface area contributed by atoms with Crippen LogP contribution in [0.15, 0.2) is 24.3 Å². The lowest BCUT2D eigenvalue weighted by Gasteiger charge is -2.25. The number of aliphatic hydroxyl groups excluding tert-OH is 2. The fourth-order valence-corrected chi connectivity index (χ4v) is 3.28. The van der Waals surface area contributed by atoms with Crippen molar-refractivity contribution in [2.75, 3.05) is 19.8 Å². The number of hydrogen-bond donors (Lipinski definition) is 2. The van der Waals surface area contributed by atoms with Crippen molar-refractivity contribution in [1.82, 2.24) is 0 Å². The van der Waals surface area contributed by atoms with Crippen LogP contribution in [0.2, 0.25) is 0 Å². The highest BCUT2D eigenvalue weighted by molar-refractivity contribution is 5.69. The zero-order valence-electron chi connectivity index (χ0n) is 18.7. The van der Waals surface area contributed by atoms with Gasteiger partial charge < -0.3 is 24.4 Å². The molecule has 6 heteroatoms. The Morgan fingerprint density at radius 2 is 1.57 bits per heavy atom. The van der Waals surface area contributed by atoms with Crippen LogP contribution in [-0.4, -0.2) is 54.5 Å². The highest BCUT2D eigenvalue weighted by atomic mass is 16.7. The van der Waals surface area contributed by atoms with Crippen molar-refractivity contribution in [3.63, 3.8) is 0 Å². The second-order valence-corrected chi connectivity index (χ2v) is 7.80. The lowest BCUT2D eigenvalue weighted by Crippen LogP contribution is -2.43. The Balaban J connectivity index is 2.00. The smallest absolute Gasteiger partial charge is 0.306 e. The van der Waals surface area contributed by atoms with Crippen LogP contribution in [-0.2, 0) is 19.0 Å². The van der Waals surface area contributed by atoms with Gasteiger partial charge in [-0.3, -0.25) is 4.79 Å². The van der Waals surface area contributed by atoms with Crippen molar-refractivity contribution < 1.29 is 29.2 Å². The molecule has 30 heavy (non-hydrogen) atoms. The number of ether oxygens (including phenoxy) is 3. The predicted octanol–water partition coefficient (Wildman–Crippen LogP) is 4.44. The summed E-state index contributed by atoms with van der Waals surface area (Å²) in [5, 5.41) is 19.0. The number of aliphatic hydroxyl groups is 2. The first kappa shape index (κ1) is 26.8. The van der Waals surface area contributed by atoms with Gasteiger partial charge in [0.05, 0.1) is 19.8 Å². The SMILES string of the molecule is CCCCC/C=C\C/C=C\CCCCCCCC(=O)O[C@@H](C1OCCO1)[C@H](O)CO. The Hall–Kier alpha value is -1.21. The Bertz CT molecular complexity index is 470. The second kappa shape index (κ2) is 18.6. The summed E-state index contributed by atoms with van der Waals surface area (Å²) >= 11 is 0. The molecule has 0 unspecified atom stereocenters. The van der Waals surface area contributed by atoms with E-state index in [1.807, 2.05) is 0 Å². The van der Waals surface area contributed by atoms with Gasteiger partial charge in [0.2, 0.25) is 0 Å². The first-order valence-electron chi connectivity index (χ1n) is 11.7. The summed E-state index contributed by atoms with van der Waals surface area (Å²) in [4.78, 5) is 12.0. The lowest BCUT2D eigenvalue weighted by atomic mass is 10.1. The summed E-state index contributed by atoms with van der Waals surface area (Å²) in [6, 6.07) is 0. The number of carbonyl (C=O) groups excluding carboxylic acids is 1. The van der Waals surface area contributed by atoms with Crippen LogP contribution in [0.1, 0.15) is 84.0 Å². The van der Waals surface area contributed by atoms with Gasteiger partial charge in [-0.2, -0.15) is 0 Å². The summed E-state index contributed by atoms with van der Waals surface area (Å²) in [6.07, 6.45) is 18.7. The Morgan fingerprint density at radius 3 is 2.20 bits per heavy atom. The van der Waals surface area contributed by atoms with Crippen molar-refractivity contribution in [2.45, 2.75) is 102 Å². The van der Waals surface area contributed by atoms with Crippen molar-refractivity contribution in [2.24, 2.45) is 0 Å². The van der Waals surface area contributed by atoms with E-state index >= 15 is 0 Å². The summed E-state index contributed by atoms with van der Waals surface area (Å²) < 4.78 is 15.9. The molecule has 1 aliphatic heterocycles. The molecule has 0 radical (unpaired) electrons. The van der Waals surface area contributed by atoms with Crippen molar-refractivity contribution >= 4 is 5.97 Å². The van der Waals surface area contributed by atoms with Crippen LogP contribution in [0.3, 0.4) is 0 Å². The quantitative estimate of drug-likeness (QED) is 0.191. The molecule has 0 aromatic heterocycles. The first-order valence-corrected chi connectivity index (χ1v) is 11.7. The fourth-order valence-electron chi connectivity index (χ4n) is 3.28. The van der Waals surface area contributed by atoms with E-state index in [-0.39, 0.29) is 0 Å². The van der Waals surface area contributed by atoms with Gasteiger partial charge in [0.15, 0.2) is 12.4 Å². The molecule has 0 bridgehead atoms. The maximum absolute atomic E-state index is 12.0. The molecule has 1 saturated heterocycles. The van der Waals surface area contributed by atoms with Crippen LogP contribution in [0.25, 0.3) is 0 Å². The van der Waals surface area contributed by atoms with E-state index in [1.54, 1.807) is 0 Å². The molecule has 1 fully saturated rings. The average molecular weight is 427 g/mol. The molecule has 0 aromatic carbocycles. The molecular weight excluding hydrogens is 384 g/mol. The van der Waals surface area contributed by atoms with E-state index in [0.29, 0.717) is 19.6 Å². The van der Waals surface area contributed by atoms with E-state index in [9.17, 15) is 9.90 Å². The van der Waals surface area contributed by atoms with Gasteiger partial charge >= 0.3 is 5.97 Å². The van der Waals surface area contributed by atoms with Crippen molar-refractivity contribution in [3.8, 4) is 0 Å². The van der Waals surface area contributed by atoms with Gasteiger partial charge in [0.1, 0.15) is 6.10 Å². The normalized spacial score (nSPS) is 17.2. The average Bonchev–Trinajstić information content (AvgIpc) is 3.28. The first-order chi connectivity index (χ1) is 14.7. The molecule has 6 nitrogen and oxygen atoms in total. The molecule has 0 amide bonds. The van der Waals surface area contributed by atoms with Crippen molar-refractivity contribution in [1.29, 1.82) is 0 Å². The molecule has 1 aliphatic rings. The van der Waals surface area contributed by atoms with Gasteiger partial charge in [-0.1, -0.05) is 63.3 Å². The number of unbranched alkanes of at least 4 members (excludes halogenated alkanes) is 8. The number of esters is 1. The van der Waals surface area contributed by atoms with E-state index in [1.165, 1.54) is 32.1 Å². The van der Waals surface area contributed by atoms with Gasteiger partial charge in [-0.25, -0.2) is 0 Å². The molecule has 0 saturated carbocycles. The third kappa shape index (κ3) is 13.2. The van der Waals surface area contributed by atoms with E-state index in [2.05, 4.69) is 31.2 Å². The zero-order valence-corrected chi connectivity index (χ0v) is 18.7. The number of rotatable bonds is 18. The zero-order chi connectivity index (χ0) is 21.9. The Labute approximate surface area is 182 Å². The van der Waals surface area contributed by atoms with Crippen LogP contribution in [0.4, 0.5) is 0 Å². The summed E-state index contributed by atoms with van der Waals surface area (Å²) in [5.41, 5.74) is 0.